The predicted molar refractivity (Wildman–Crippen MR) is 69.7 cm³/mol. The average molecular weight is 262 g/mol. The molecule has 2 aromatic carbocycles. The summed E-state index contributed by atoms with van der Waals surface area (Å²) in [6.45, 7) is 0. The quantitative estimate of drug-likeness (QED) is 0.396. The van der Waals surface area contributed by atoms with Gasteiger partial charge in [-0.25, -0.2) is 0 Å². The molecule has 0 spiro atoms. The van der Waals surface area contributed by atoms with Crippen molar-refractivity contribution in [2.24, 2.45) is 0 Å². The molecular weight excluding hydrogens is 251 g/mol. The van der Waals surface area contributed by atoms with Crippen molar-refractivity contribution in [1.82, 2.24) is 0 Å². The van der Waals surface area contributed by atoms with Crippen LogP contribution in [0.15, 0.2) is 35.2 Å². The van der Waals surface area contributed by atoms with Gasteiger partial charge in [0, 0.05) is 10.8 Å². The van der Waals surface area contributed by atoms with E-state index in [1.54, 1.807) is 24.3 Å². The first-order valence-corrected chi connectivity index (χ1v) is 5.89. The summed E-state index contributed by atoms with van der Waals surface area (Å²) in [4.78, 5) is -0.227. The molecule has 0 aliphatic carbocycles. The first-order valence-electron chi connectivity index (χ1n) is 4.45. The molecule has 5 nitrogen and oxygen atoms in total. The van der Waals surface area contributed by atoms with E-state index in [0.29, 0.717) is 16.5 Å². The Labute approximate surface area is 121 Å². The zero-order valence-electron chi connectivity index (χ0n) is 8.21. The minimum absolute atomic E-state index is 0. The second-order valence-corrected chi connectivity index (χ2v) is 4.79. The standard InChI is InChI=1S/C10H10N2O3S.Na.H/c11-8-5-9(16(13,14)15)6-3-1-2-4-7(6)10(8)12;;/h1-5H,11-12H2,(H,13,14,15);;. The van der Waals surface area contributed by atoms with Crippen molar-refractivity contribution in [1.29, 1.82) is 0 Å². The molecule has 0 amide bonds. The molecule has 0 saturated carbocycles. The van der Waals surface area contributed by atoms with E-state index in [9.17, 15) is 8.42 Å². The molecule has 0 atom stereocenters. The van der Waals surface area contributed by atoms with E-state index < -0.39 is 10.1 Å². The van der Waals surface area contributed by atoms with Gasteiger partial charge in [-0.05, 0) is 6.07 Å². The van der Waals surface area contributed by atoms with Crippen molar-refractivity contribution < 1.29 is 13.0 Å². The van der Waals surface area contributed by atoms with Gasteiger partial charge in [-0.2, -0.15) is 8.42 Å². The molecule has 0 heterocycles. The Balaban J connectivity index is 0.00000144. The molecule has 0 fully saturated rings. The Hall–Kier alpha value is -0.790. The first kappa shape index (κ1) is 14.3. The van der Waals surface area contributed by atoms with Gasteiger partial charge in [0.05, 0.1) is 11.4 Å². The molecular formula is C10H11N2NaO3S. The van der Waals surface area contributed by atoms with Crippen LogP contribution in [0.2, 0.25) is 0 Å². The number of benzene rings is 2. The number of anilines is 2. The fourth-order valence-electron chi connectivity index (χ4n) is 1.60. The molecule has 86 valence electrons. The van der Waals surface area contributed by atoms with Crippen LogP contribution < -0.4 is 11.5 Å². The van der Waals surface area contributed by atoms with Crippen LogP contribution in [-0.2, 0) is 10.1 Å². The zero-order chi connectivity index (χ0) is 11.9. The first-order chi connectivity index (χ1) is 7.41. The summed E-state index contributed by atoms with van der Waals surface area (Å²) in [7, 11) is -4.30. The normalized spacial score (nSPS) is 11.1. The number of hydrogen-bond acceptors (Lipinski definition) is 4. The van der Waals surface area contributed by atoms with Gasteiger partial charge in [-0.1, -0.05) is 24.3 Å². The number of rotatable bonds is 1. The van der Waals surface area contributed by atoms with Gasteiger partial charge in [0.25, 0.3) is 10.1 Å². The Morgan fingerprint density at radius 1 is 1.06 bits per heavy atom. The number of fused-ring (bicyclic) bond motifs is 1. The molecule has 0 bridgehead atoms. The maximum atomic E-state index is 11.2. The molecule has 7 heteroatoms. The second-order valence-electron chi connectivity index (χ2n) is 3.40. The number of nitrogens with two attached hydrogens (primary N) is 2. The number of nitrogen functional groups attached to an aromatic ring is 2. The van der Waals surface area contributed by atoms with E-state index in [0.717, 1.165) is 6.07 Å². The SMILES string of the molecule is Nc1cc(S(=O)(=O)O)c2ccccc2c1N.[NaH]. The van der Waals surface area contributed by atoms with E-state index in [2.05, 4.69) is 0 Å². The molecule has 0 radical (unpaired) electrons. The Morgan fingerprint density at radius 2 is 1.59 bits per heavy atom. The van der Waals surface area contributed by atoms with Crippen molar-refractivity contribution >= 4 is 61.8 Å². The summed E-state index contributed by atoms with van der Waals surface area (Å²) < 4.78 is 31.4. The van der Waals surface area contributed by atoms with Gasteiger partial charge in [-0.3, -0.25) is 4.55 Å². The molecule has 0 aromatic heterocycles. The molecule has 5 N–H and O–H groups in total. The van der Waals surface area contributed by atoms with E-state index in [1.807, 2.05) is 0 Å². The average Bonchev–Trinajstić information content (AvgIpc) is 2.22. The van der Waals surface area contributed by atoms with Gasteiger partial charge >= 0.3 is 29.6 Å². The monoisotopic (exact) mass is 262 g/mol. The molecule has 2 rings (SSSR count). The van der Waals surface area contributed by atoms with Crippen LogP contribution in [0.25, 0.3) is 10.8 Å². The van der Waals surface area contributed by atoms with E-state index in [-0.39, 0.29) is 40.1 Å². The Morgan fingerprint density at radius 3 is 2.12 bits per heavy atom. The summed E-state index contributed by atoms with van der Waals surface area (Å²) in [5, 5.41) is 0.867. The van der Waals surface area contributed by atoms with Gasteiger partial charge in [0.1, 0.15) is 4.90 Å². The molecule has 0 aliphatic heterocycles. The summed E-state index contributed by atoms with van der Waals surface area (Å²) in [6.07, 6.45) is 0. The zero-order valence-corrected chi connectivity index (χ0v) is 9.03. The van der Waals surface area contributed by atoms with Crippen LogP contribution in [0.5, 0.6) is 0 Å². The third kappa shape index (κ3) is 2.56. The summed E-state index contributed by atoms with van der Waals surface area (Å²) >= 11 is 0. The van der Waals surface area contributed by atoms with Crippen molar-refractivity contribution in [3.63, 3.8) is 0 Å². The Kier molecular flexibility index (Phi) is 4.06. The topological polar surface area (TPSA) is 106 Å². The summed E-state index contributed by atoms with van der Waals surface area (Å²) in [5.74, 6) is 0. The fourth-order valence-corrected chi connectivity index (χ4v) is 2.33. The molecule has 17 heavy (non-hydrogen) atoms. The maximum absolute atomic E-state index is 11.2. The third-order valence-corrected chi connectivity index (χ3v) is 3.25. The molecule has 0 saturated heterocycles. The van der Waals surface area contributed by atoms with Gasteiger partial charge in [0.15, 0.2) is 0 Å². The molecule has 0 unspecified atom stereocenters. The van der Waals surface area contributed by atoms with Crippen molar-refractivity contribution in [2.45, 2.75) is 4.90 Å². The molecule has 0 aliphatic rings. The predicted octanol–water partition coefficient (Wildman–Crippen LogP) is 0.602. The van der Waals surface area contributed by atoms with E-state index >= 15 is 0 Å². The van der Waals surface area contributed by atoms with Crippen molar-refractivity contribution in [2.75, 3.05) is 11.5 Å². The molecule has 2 aromatic rings. The summed E-state index contributed by atoms with van der Waals surface area (Å²) in [6, 6.07) is 7.75. The number of hydrogen-bond donors (Lipinski definition) is 3. The van der Waals surface area contributed by atoms with Gasteiger partial charge in [-0.15, -0.1) is 0 Å². The van der Waals surface area contributed by atoms with Crippen LogP contribution in [0.1, 0.15) is 0 Å². The van der Waals surface area contributed by atoms with Gasteiger partial charge in [0.2, 0.25) is 0 Å². The fraction of sp³-hybridized carbons (Fsp3) is 0. The second kappa shape index (κ2) is 4.83. The van der Waals surface area contributed by atoms with Crippen LogP contribution in [0.4, 0.5) is 11.4 Å². The van der Waals surface area contributed by atoms with Crippen LogP contribution in [0.3, 0.4) is 0 Å². The Bertz CT molecular complexity index is 671. The van der Waals surface area contributed by atoms with Crippen LogP contribution in [0, 0.1) is 0 Å². The van der Waals surface area contributed by atoms with Crippen LogP contribution >= 0.6 is 0 Å². The third-order valence-electron chi connectivity index (χ3n) is 2.36. The summed E-state index contributed by atoms with van der Waals surface area (Å²) in [5.41, 5.74) is 11.8. The van der Waals surface area contributed by atoms with Crippen molar-refractivity contribution in [3.8, 4) is 0 Å². The minimum atomic E-state index is -4.30. The van der Waals surface area contributed by atoms with Crippen molar-refractivity contribution in [3.05, 3.63) is 30.3 Å². The van der Waals surface area contributed by atoms with Gasteiger partial charge < -0.3 is 11.5 Å². The van der Waals surface area contributed by atoms with E-state index in [4.69, 9.17) is 16.0 Å². The van der Waals surface area contributed by atoms with Crippen LogP contribution in [-0.4, -0.2) is 42.5 Å². The van der Waals surface area contributed by atoms with E-state index in [1.165, 1.54) is 0 Å².